The van der Waals surface area contributed by atoms with Crippen molar-refractivity contribution in [2.75, 3.05) is 0 Å². The molecule has 5 heteroatoms. The van der Waals surface area contributed by atoms with Gasteiger partial charge in [-0.2, -0.15) is 0 Å². The summed E-state index contributed by atoms with van der Waals surface area (Å²) in [7, 11) is 0. The minimum atomic E-state index is -0.194. The third kappa shape index (κ3) is 2.73. The largest absolute Gasteiger partial charge is 0.508 e. The summed E-state index contributed by atoms with van der Waals surface area (Å²) in [6, 6.07) is 13.9. The molecule has 0 spiro atoms. The molecule has 0 bridgehead atoms. The van der Waals surface area contributed by atoms with E-state index in [2.05, 4.69) is 20.9 Å². The van der Waals surface area contributed by atoms with Crippen LogP contribution in [0.2, 0.25) is 0 Å². The highest BCUT2D eigenvalue weighted by atomic mass is 79.9. The number of phenolic OH excluding ortho intramolecular Hbond substituents is 1. The lowest BCUT2D eigenvalue weighted by Crippen LogP contribution is -2.18. The number of nitrogens with zero attached hydrogens (tertiary/aromatic N) is 2. The Labute approximate surface area is 129 Å². The van der Waals surface area contributed by atoms with Crippen LogP contribution in [-0.2, 0) is 0 Å². The molecule has 0 saturated carbocycles. The fraction of sp³-hybridized carbons (Fsp3) is 0. The van der Waals surface area contributed by atoms with Crippen molar-refractivity contribution in [2.24, 2.45) is 0 Å². The van der Waals surface area contributed by atoms with Gasteiger partial charge in [0.1, 0.15) is 5.75 Å². The Balaban J connectivity index is 2.22. The fourth-order valence-electron chi connectivity index (χ4n) is 2.06. The molecule has 0 radical (unpaired) electrons. The van der Waals surface area contributed by atoms with E-state index in [0.29, 0.717) is 10.2 Å². The first-order chi connectivity index (χ1) is 10.1. The molecular weight excluding hydrogens is 332 g/mol. The molecule has 0 atom stereocenters. The lowest BCUT2D eigenvalue weighted by atomic mass is 10.2. The number of rotatable bonds is 2. The average Bonchev–Trinajstić information content (AvgIpc) is 2.51. The molecule has 3 rings (SSSR count). The molecule has 2 heterocycles. The molecule has 1 N–H and O–H groups in total. The van der Waals surface area contributed by atoms with E-state index < -0.39 is 0 Å². The Morgan fingerprint density at radius 3 is 2.67 bits per heavy atom. The molecule has 0 aliphatic carbocycles. The molecule has 104 valence electrons. The van der Waals surface area contributed by atoms with Crippen LogP contribution in [0, 0.1) is 0 Å². The number of phenols is 1. The van der Waals surface area contributed by atoms with Crippen LogP contribution in [0.4, 0.5) is 0 Å². The number of benzene rings is 1. The van der Waals surface area contributed by atoms with Gasteiger partial charge < -0.3 is 5.11 Å². The third-order valence-corrected chi connectivity index (χ3v) is 3.61. The van der Waals surface area contributed by atoms with E-state index in [1.165, 1.54) is 10.6 Å². The number of hydrogen-bond acceptors (Lipinski definition) is 3. The maximum absolute atomic E-state index is 12.3. The molecule has 3 aromatic rings. The zero-order valence-corrected chi connectivity index (χ0v) is 12.5. The quantitative estimate of drug-likeness (QED) is 0.776. The van der Waals surface area contributed by atoms with E-state index in [4.69, 9.17) is 0 Å². The summed E-state index contributed by atoms with van der Waals surface area (Å²) in [5, 5.41) is 9.58. The van der Waals surface area contributed by atoms with Gasteiger partial charge in [0.2, 0.25) is 0 Å². The fourth-order valence-corrected chi connectivity index (χ4v) is 2.49. The maximum atomic E-state index is 12.3. The van der Waals surface area contributed by atoms with Crippen molar-refractivity contribution in [3.8, 4) is 22.7 Å². The van der Waals surface area contributed by atoms with Crippen LogP contribution in [0.5, 0.6) is 5.75 Å². The van der Waals surface area contributed by atoms with Crippen LogP contribution in [0.1, 0.15) is 0 Å². The van der Waals surface area contributed by atoms with Crippen LogP contribution in [-0.4, -0.2) is 14.7 Å². The lowest BCUT2D eigenvalue weighted by Gasteiger charge is -2.10. The van der Waals surface area contributed by atoms with E-state index in [9.17, 15) is 9.90 Å². The van der Waals surface area contributed by atoms with Gasteiger partial charge in [-0.1, -0.05) is 12.1 Å². The Morgan fingerprint density at radius 1 is 1.10 bits per heavy atom. The van der Waals surface area contributed by atoms with Crippen LogP contribution >= 0.6 is 15.9 Å². The maximum Gasteiger partial charge on any atom is 0.269 e. The second kappa shape index (κ2) is 5.54. The minimum Gasteiger partial charge on any atom is -0.508 e. The standard InChI is InChI=1S/C16H11BrN2O2/c17-14-8-11(15-6-1-2-7-18-15)10-19(16(14)21)12-4-3-5-13(20)9-12/h1-10,20H. The lowest BCUT2D eigenvalue weighted by molar-refractivity contribution is 0.475. The summed E-state index contributed by atoms with van der Waals surface area (Å²) in [4.78, 5) is 16.6. The molecule has 2 aromatic heterocycles. The molecule has 0 aliphatic heterocycles. The predicted molar refractivity (Wildman–Crippen MR) is 84.6 cm³/mol. The molecule has 0 aliphatic rings. The Morgan fingerprint density at radius 2 is 1.95 bits per heavy atom. The highest BCUT2D eigenvalue weighted by Crippen LogP contribution is 2.21. The summed E-state index contributed by atoms with van der Waals surface area (Å²) in [5.41, 5.74) is 1.98. The molecule has 4 nitrogen and oxygen atoms in total. The van der Waals surface area contributed by atoms with Crippen molar-refractivity contribution in [3.63, 3.8) is 0 Å². The molecule has 1 aromatic carbocycles. The number of halogens is 1. The van der Waals surface area contributed by atoms with Crippen LogP contribution in [0.15, 0.2) is 70.2 Å². The van der Waals surface area contributed by atoms with Crippen LogP contribution in [0.3, 0.4) is 0 Å². The van der Waals surface area contributed by atoms with Crippen molar-refractivity contribution in [1.29, 1.82) is 0 Å². The van der Waals surface area contributed by atoms with Gasteiger partial charge in [-0.25, -0.2) is 0 Å². The van der Waals surface area contributed by atoms with Gasteiger partial charge in [0.15, 0.2) is 0 Å². The second-order valence-corrected chi connectivity index (χ2v) is 5.34. The zero-order valence-electron chi connectivity index (χ0n) is 10.9. The normalized spacial score (nSPS) is 10.5. The first-order valence-corrected chi connectivity index (χ1v) is 7.07. The number of aromatic hydroxyl groups is 1. The smallest absolute Gasteiger partial charge is 0.269 e. The number of aromatic nitrogens is 2. The summed E-state index contributed by atoms with van der Waals surface area (Å²) < 4.78 is 1.92. The third-order valence-electron chi connectivity index (χ3n) is 3.04. The predicted octanol–water partition coefficient (Wildman–Crippen LogP) is 3.37. The summed E-state index contributed by atoms with van der Waals surface area (Å²) in [6.45, 7) is 0. The van der Waals surface area contributed by atoms with Gasteiger partial charge in [-0.05, 0) is 46.3 Å². The van der Waals surface area contributed by atoms with Gasteiger partial charge in [0, 0.05) is 24.0 Å². The minimum absolute atomic E-state index is 0.110. The number of pyridine rings is 2. The van der Waals surface area contributed by atoms with Crippen molar-refractivity contribution >= 4 is 15.9 Å². The molecule has 0 saturated heterocycles. The van der Waals surface area contributed by atoms with Gasteiger partial charge in [0.05, 0.1) is 15.9 Å². The summed E-state index contributed by atoms with van der Waals surface area (Å²) >= 11 is 3.29. The van der Waals surface area contributed by atoms with E-state index >= 15 is 0 Å². The van der Waals surface area contributed by atoms with Crippen molar-refractivity contribution in [2.45, 2.75) is 0 Å². The summed E-state index contributed by atoms with van der Waals surface area (Å²) in [5.74, 6) is 0.110. The van der Waals surface area contributed by atoms with E-state index in [1.807, 2.05) is 18.2 Å². The Kier molecular flexibility index (Phi) is 3.58. The van der Waals surface area contributed by atoms with Crippen molar-refractivity contribution < 1.29 is 5.11 Å². The molecule has 0 amide bonds. The topological polar surface area (TPSA) is 55.1 Å². The molecule has 0 fully saturated rings. The van der Waals surface area contributed by atoms with Crippen LogP contribution in [0.25, 0.3) is 16.9 Å². The number of hydrogen-bond donors (Lipinski definition) is 1. The Hall–Kier alpha value is -2.40. The average molecular weight is 343 g/mol. The SMILES string of the molecule is O=c1c(Br)cc(-c2ccccn2)cn1-c1cccc(O)c1. The monoisotopic (exact) mass is 342 g/mol. The molecule has 0 unspecified atom stereocenters. The highest BCUT2D eigenvalue weighted by Gasteiger charge is 2.09. The van der Waals surface area contributed by atoms with E-state index in [0.717, 1.165) is 11.3 Å². The first kappa shape index (κ1) is 13.6. The van der Waals surface area contributed by atoms with Gasteiger partial charge in [-0.15, -0.1) is 0 Å². The van der Waals surface area contributed by atoms with E-state index in [-0.39, 0.29) is 11.3 Å². The Bertz CT molecular complexity index is 844. The first-order valence-electron chi connectivity index (χ1n) is 6.28. The van der Waals surface area contributed by atoms with Gasteiger partial charge >= 0.3 is 0 Å². The van der Waals surface area contributed by atoms with Gasteiger partial charge in [-0.3, -0.25) is 14.3 Å². The van der Waals surface area contributed by atoms with Gasteiger partial charge in [0.25, 0.3) is 5.56 Å². The van der Waals surface area contributed by atoms with E-state index in [1.54, 1.807) is 36.7 Å². The zero-order chi connectivity index (χ0) is 14.8. The van der Waals surface area contributed by atoms with Crippen LogP contribution < -0.4 is 5.56 Å². The second-order valence-electron chi connectivity index (χ2n) is 4.49. The molecular formula is C16H11BrN2O2. The summed E-state index contributed by atoms with van der Waals surface area (Å²) in [6.07, 6.45) is 3.41. The van der Waals surface area contributed by atoms with Crippen molar-refractivity contribution in [1.82, 2.24) is 9.55 Å². The highest BCUT2D eigenvalue weighted by molar-refractivity contribution is 9.10. The molecule has 21 heavy (non-hydrogen) atoms. The van der Waals surface area contributed by atoms with Crippen molar-refractivity contribution in [3.05, 3.63) is 75.8 Å².